The summed E-state index contributed by atoms with van der Waals surface area (Å²) in [4.78, 5) is 100. The summed E-state index contributed by atoms with van der Waals surface area (Å²) in [5.74, 6) is -0.592. The zero-order valence-electron chi connectivity index (χ0n) is 51.7. The molecule has 26 nitrogen and oxygen atoms in total. The molecule has 3 amide bonds. The van der Waals surface area contributed by atoms with E-state index in [1.165, 1.54) is 49.9 Å². The Hall–Kier alpha value is -9.92. The third-order valence-electron chi connectivity index (χ3n) is 12.4. The number of rotatable bonds is 13. The SMILES string of the molecule is CCOC(=O)c1ncc(C)s1.CCOC(=O)c1ncc(CBr)s1.CN1C(=O)[C@@H](N)COc2cccnc21.CN1C(=O)[C@@H](NC(=O)c2ncc(Cc3cccc(C#N)c3)s2)COc2cccnc21.Cl.N#Cc1cccc(B(O)O)c1.N#Cc1cccc(Cc2cnc(C(=O)O)s2)c1. The lowest BCUT2D eigenvalue weighted by Crippen LogP contribution is -2.49. The number of fused-ring (bicyclic) bond motifs is 2. The Morgan fingerprint density at radius 2 is 1.10 bits per heavy atom. The van der Waals surface area contributed by atoms with E-state index in [0.29, 0.717) is 81.4 Å². The Balaban J connectivity index is 0.000000219. The molecule has 2 aliphatic rings. The van der Waals surface area contributed by atoms with Gasteiger partial charge in [-0.05, 0) is 98.0 Å². The second kappa shape index (κ2) is 39.1. The van der Waals surface area contributed by atoms with Gasteiger partial charge < -0.3 is 45.2 Å². The number of carbonyl (C=O) groups excluding carboxylic acids is 5. The summed E-state index contributed by atoms with van der Waals surface area (Å²) in [6, 6.07) is 32.3. The molecule has 11 rings (SSSR count). The summed E-state index contributed by atoms with van der Waals surface area (Å²) in [6.45, 7) is 6.45. The van der Waals surface area contributed by atoms with Gasteiger partial charge in [-0.25, -0.2) is 44.3 Å². The molecule has 0 unspecified atom stereocenters. The number of nitrogens with two attached hydrogens (primary N) is 1. The summed E-state index contributed by atoms with van der Waals surface area (Å²) in [5.41, 5.74) is 9.49. The highest BCUT2D eigenvalue weighted by atomic mass is 79.9. The quantitative estimate of drug-likeness (QED) is 0.0418. The van der Waals surface area contributed by atoms with Crippen LogP contribution < -0.4 is 35.8 Å². The van der Waals surface area contributed by atoms with Gasteiger partial charge in [-0.15, -0.1) is 57.8 Å². The molecular weight excluding hydrogens is 1400 g/mol. The second-order valence-corrected chi connectivity index (χ2v) is 24.5. The standard InChI is InChI=1S/C21H17N5O3S.C12H8N2O2S.C9H11N3O2.C7H6BNO2.C7H8BrNO2S.C7H9NO2S.ClH/c1-26-18-17(6-3-7-23-18)29-12-16(21(26)28)25-19(27)20-24-11-15(30-20)9-13-4-2-5-14(8-13)10-22;13-6-9-3-1-2-8(4-9)5-10-7-14-11(17-10)12(15)16;1-12-8-7(3-2-4-11-8)14-5-6(10)9(12)13;9-5-6-2-1-3-7(4-6)8(10)11;1-2-11-7(10)6-9-4-5(3-8)12-6;1-3-10-7(9)6-8-4-5(2)11-6;/h2-8,11,16H,9,12H2,1H3,(H,25,27);1-4,7H,5H2,(H,15,16);2-4,6H,5,10H2,1H3;1-4,10-11H;4H,2-3H2,1H3;4H,3H2,1-2H3;1H/t16-;;6-;;;;/m0.0..../s1. The third kappa shape index (κ3) is 23.2. The smallest absolute Gasteiger partial charge is 0.488 e. The van der Waals surface area contributed by atoms with E-state index in [4.69, 9.17) is 55.6 Å². The first-order valence-corrected chi connectivity index (χ1v) is 32.6. The number of halogens is 2. The zero-order chi connectivity index (χ0) is 69.0. The average Bonchev–Trinajstić information content (AvgIpc) is 1.91. The van der Waals surface area contributed by atoms with Crippen LogP contribution in [0.5, 0.6) is 11.5 Å². The highest BCUT2D eigenvalue weighted by molar-refractivity contribution is 9.08. The van der Waals surface area contributed by atoms with Gasteiger partial charge in [0.1, 0.15) is 25.3 Å². The molecular formula is C63H60BBrClN13O13S4. The average molecular weight is 1460 g/mol. The molecule has 496 valence electrons. The number of carboxylic acids is 1. The molecule has 0 aliphatic carbocycles. The van der Waals surface area contributed by atoms with E-state index in [1.54, 1.807) is 126 Å². The van der Waals surface area contributed by atoms with Crippen molar-refractivity contribution in [1.82, 2.24) is 35.2 Å². The summed E-state index contributed by atoms with van der Waals surface area (Å²) in [7, 11) is 1.74. The largest absolute Gasteiger partial charge is 0.488 e. The van der Waals surface area contributed by atoms with Crippen LogP contribution in [0, 0.1) is 40.9 Å². The number of thiazole rings is 4. The number of carboxylic acid groups (broad SMARTS) is 1. The first-order chi connectivity index (χ1) is 45.7. The first-order valence-electron chi connectivity index (χ1n) is 28.2. The number of ether oxygens (including phenoxy) is 4. The number of carbonyl (C=O) groups is 6. The second-order valence-electron chi connectivity index (χ2n) is 19.3. The number of aryl methyl sites for hydroxylation is 1. The fourth-order valence-electron chi connectivity index (χ4n) is 7.96. The van der Waals surface area contributed by atoms with Crippen molar-refractivity contribution in [2.75, 3.05) is 50.3 Å². The molecule has 0 spiro atoms. The lowest BCUT2D eigenvalue weighted by molar-refractivity contribution is -0.121. The summed E-state index contributed by atoms with van der Waals surface area (Å²) >= 11 is 8.38. The van der Waals surface area contributed by atoms with Crippen molar-refractivity contribution in [3.05, 3.63) is 202 Å². The third-order valence-corrected chi connectivity index (χ3v) is 17.2. The van der Waals surface area contributed by atoms with Crippen LogP contribution in [0.1, 0.15) is 100 Å². The van der Waals surface area contributed by atoms with Crippen LogP contribution in [0.3, 0.4) is 0 Å². The Labute approximate surface area is 581 Å². The van der Waals surface area contributed by atoms with Crippen LogP contribution in [0.15, 0.2) is 134 Å². The van der Waals surface area contributed by atoms with Gasteiger partial charge in [0.25, 0.3) is 11.8 Å². The van der Waals surface area contributed by atoms with Gasteiger partial charge >= 0.3 is 25.0 Å². The predicted octanol–water partition coefficient (Wildman–Crippen LogP) is 7.73. The number of pyridine rings is 2. The minimum atomic E-state index is -1.50. The van der Waals surface area contributed by atoms with E-state index in [1.807, 2.05) is 43.3 Å². The van der Waals surface area contributed by atoms with Crippen molar-refractivity contribution < 1.29 is 62.9 Å². The highest BCUT2D eigenvalue weighted by Gasteiger charge is 2.32. The Bertz CT molecular complexity index is 4250. The number of nitriles is 3. The Morgan fingerprint density at radius 3 is 1.58 bits per heavy atom. The van der Waals surface area contributed by atoms with E-state index < -0.39 is 31.1 Å². The van der Waals surface area contributed by atoms with Crippen LogP contribution in [0.25, 0.3) is 0 Å². The predicted molar refractivity (Wildman–Crippen MR) is 366 cm³/mol. The number of nitrogens with zero attached hydrogens (tertiary/aromatic N) is 11. The number of esters is 2. The number of aromatic nitrogens is 6. The highest BCUT2D eigenvalue weighted by Crippen LogP contribution is 2.29. The van der Waals surface area contributed by atoms with Crippen molar-refractivity contribution in [2.45, 2.75) is 51.0 Å². The van der Waals surface area contributed by atoms with Gasteiger partial charge in [-0.3, -0.25) is 24.2 Å². The van der Waals surface area contributed by atoms with Crippen molar-refractivity contribution in [2.24, 2.45) is 5.73 Å². The molecule has 0 fully saturated rings. The summed E-state index contributed by atoms with van der Waals surface area (Å²) in [6.07, 6.45) is 10.9. The van der Waals surface area contributed by atoms with E-state index in [-0.39, 0.29) is 59.4 Å². The minimum absolute atomic E-state index is 0. The molecule has 2 atom stereocenters. The lowest BCUT2D eigenvalue weighted by atomic mass is 9.80. The molecule has 0 saturated carbocycles. The maximum atomic E-state index is 12.7. The monoisotopic (exact) mass is 1460 g/mol. The van der Waals surface area contributed by atoms with Gasteiger partial charge in [0.05, 0.1) is 48.1 Å². The number of likely N-dealkylation sites (N-methyl/N-ethyl adjacent to an activating group) is 2. The van der Waals surface area contributed by atoms with Gasteiger partial charge in [-0.2, -0.15) is 15.8 Å². The fourth-order valence-corrected chi connectivity index (χ4v) is 11.4. The molecule has 0 bridgehead atoms. The normalized spacial score (nSPS) is 13.0. The van der Waals surface area contributed by atoms with Crippen LogP contribution in [0.2, 0.25) is 0 Å². The molecule has 6 aromatic heterocycles. The molecule has 96 heavy (non-hydrogen) atoms. The van der Waals surface area contributed by atoms with E-state index in [0.717, 1.165) is 47.3 Å². The van der Waals surface area contributed by atoms with Gasteiger partial charge in [0.2, 0.25) is 20.9 Å². The van der Waals surface area contributed by atoms with Gasteiger partial charge in [-0.1, -0.05) is 52.3 Å². The van der Waals surface area contributed by atoms with E-state index in [2.05, 4.69) is 63.3 Å². The maximum absolute atomic E-state index is 12.7. The number of benzene rings is 3. The number of hydrogen-bond acceptors (Lipinski definition) is 26. The van der Waals surface area contributed by atoms with Crippen LogP contribution in [-0.2, 0) is 37.2 Å². The summed E-state index contributed by atoms with van der Waals surface area (Å²) < 4.78 is 20.5. The molecule has 0 saturated heterocycles. The molecule has 0 radical (unpaired) electrons. The van der Waals surface area contributed by atoms with E-state index in [9.17, 15) is 28.8 Å². The van der Waals surface area contributed by atoms with Crippen LogP contribution in [0.4, 0.5) is 11.6 Å². The number of alkyl halides is 1. The number of nitrogens with one attached hydrogen (secondary N) is 1. The number of aromatic carboxylic acids is 1. The number of anilines is 2. The van der Waals surface area contributed by atoms with E-state index >= 15 is 0 Å². The molecule has 33 heteroatoms. The topological polar surface area (TPSA) is 393 Å². The minimum Gasteiger partial charge on any atom is -0.488 e. The maximum Gasteiger partial charge on any atom is 0.488 e. The molecule has 3 aromatic carbocycles. The fraction of sp³-hybridized carbons (Fsp3) is 0.222. The van der Waals surface area contributed by atoms with Crippen LogP contribution >= 0.6 is 73.7 Å². The van der Waals surface area contributed by atoms with Gasteiger partial charge in [0.15, 0.2) is 28.1 Å². The molecule has 8 heterocycles. The van der Waals surface area contributed by atoms with Crippen molar-refractivity contribution in [1.29, 1.82) is 15.8 Å². The number of hydrogen-bond donors (Lipinski definition) is 5. The van der Waals surface area contributed by atoms with Crippen molar-refractivity contribution in [3.63, 3.8) is 0 Å². The lowest BCUT2D eigenvalue weighted by Gasteiger charge is -2.19. The van der Waals surface area contributed by atoms with Crippen molar-refractivity contribution >= 4 is 134 Å². The van der Waals surface area contributed by atoms with Crippen LogP contribution in [-0.4, -0.2) is 140 Å². The van der Waals surface area contributed by atoms with Gasteiger partial charge in [0, 0.05) is 89.0 Å². The molecule has 9 aromatic rings. The first kappa shape index (κ1) is 76.8. The van der Waals surface area contributed by atoms with Crippen molar-refractivity contribution in [3.8, 4) is 29.7 Å². The summed E-state index contributed by atoms with van der Waals surface area (Å²) in [5, 5.41) is 57.0. The Kier molecular flexibility index (Phi) is 31.3. The molecule has 2 aliphatic heterocycles. The molecule has 6 N–H and O–H groups in total. The Morgan fingerprint density at radius 1 is 0.646 bits per heavy atom. The number of amides is 3. The zero-order valence-corrected chi connectivity index (χ0v) is 57.4.